The summed E-state index contributed by atoms with van der Waals surface area (Å²) in [6.07, 6.45) is 5.14. The number of nitrogens with two attached hydrogens (primary N) is 1. The molecular weight excluding hydrogens is 504 g/mol. The summed E-state index contributed by atoms with van der Waals surface area (Å²) in [7, 11) is 0. The number of terminal acetylenes is 1. The molecule has 1 aliphatic rings. The van der Waals surface area contributed by atoms with Crippen LogP contribution in [0.5, 0.6) is 5.75 Å². The minimum absolute atomic E-state index is 0.0491. The van der Waals surface area contributed by atoms with Crippen molar-refractivity contribution in [3.8, 4) is 18.1 Å². The van der Waals surface area contributed by atoms with Crippen LogP contribution in [0.4, 0.5) is 20.3 Å². The van der Waals surface area contributed by atoms with Gasteiger partial charge in [-0.05, 0) is 42.5 Å². The number of aromatic nitrogens is 1. The largest absolute Gasteiger partial charge is 0.469 e. The van der Waals surface area contributed by atoms with Crippen LogP contribution in [0.3, 0.4) is 0 Å². The van der Waals surface area contributed by atoms with E-state index in [1.165, 1.54) is 12.3 Å². The van der Waals surface area contributed by atoms with Crippen molar-refractivity contribution < 1.29 is 23.1 Å². The van der Waals surface area contributed by atoms with Crippen LogP contribution in [0, 0.1) is 24.0 Å². The van der Waals surface area contributed by atoms with Gasteiger partial charge in [0.05, 0.1) is 16.1 Å². The molecule has 0 bridgehead atoms. The Morgan fingerprint density at radius 2 is 1.86 bits per heavy atom. The highest BCUT2D eigenvalue weighted by Crippen LogP contribution is 2.32. The van der Waals surface area contributed by atoms with Crippen LogP contribution in [0.25, 0.3) is 0 Å². The normalized spacial score (nSPS) is 13.9. The van der Waals surface area contributed by atoms with Crippen LogP contribution < -0.4 is 21.1 Å². The Bertz CT molecular complexity index is 1370. The summed E-state index contributed by atoms with van der Waals surface area (Å²) in [6, 6.07) is 9.73. The molecule has 2 aromatic carbocycles. The Kier molecular flexibility index (Phi) is 7.86. The average Bonchev–Trinajstić information content (AvgIpc) is 2.91. The lowest BCUT2D eigenvalue weighted by molar-refractivity contribution is 0.0735. The SMILES string of the molecule is C#C[C@@H](Oc1cc(C(=O)Nc2ccc(C(=O)N3CCNCC3)cc2)cnc1N)c1c(F)ccc(Cl)c1F. The van der Waals surface area contributed by atoms with E-state index in [9.17, 15) is 18.4 Å². The van der Waals surface area contributed by atoms with E-state index in [1.807, 2.05) is 0 Å². The summed E-state index contributed by atoms with van der Waals surface area (Å²) in [4.78, 5) is 31.1. The number of nitrogen functional groups attached to an aromatic ring is 1. The molecule has 0 aliphatic carbocycles. The van der Waals surface area contributed by atoms with E-state index in [1.54, 1.807) is 29.2 Å². The standard InChI is InChI=1S/C26H22ClF2N5O3/c1-2-20(22-19(28)8-7-18(27)23(22)29)37-21-13-16(14-32-24(21)30)25(35)33-17-5-3-15(4-6-17)26(36)34-11-9-31-10-12-34/h1,3-8,13-14,20,31H,9-12H2,(H2,30,32)(H,33,35)/t20-/m1/s1. The first-order valence-electron chi connectivity index (χ1n) is 11.2. The minimum atomic E-state index is -1.53. The van der Waals surface area contributed by atoms with Crippen molar-refractivity contribution in [2.75, 3.05) is 37.2 Å². The Labute approximate surface area is 216 Å². The van der Waals surface area contributed by atoms with Crippen molar-refractivity contribution in [1.29, 1.82) is 0 Å². The monoisotopic (exact) mass is 525 g/mol. The molecule has 1 atom stereocenters. The van der Waals surface area contributed by atoms with Gasteiger partial charge in [-0.1, -0.05) is 17.5 Å². The molecule has 1 aromatic heterocycles. The molecule has 1 saturated heterocycles. The fraction of sp³-hybridized carbons (Fsp3) is 0.192. The summed E-state index contributed by atoms with van der Waals surface area (Å²) in [5, 5.41) is 5.55. The van der Waals surface area contributed by atoms with Crippen LogP contribution in [0.1, 0.15) is 32.4 Å². The first-order valence-corrected chi connectivity index (χ1v) is 11.6. The lowest BCUT2D eigenvalue weighted by Crippen LogP contribution is -2.46. The number of amides is 2. The lowest BCUT2D eigenvalue weighted by atomic mass is 10.1. The highest BCUT2D eigenvalue weighted by Gasteiger charge is 2.24. The first-order chi connectivity index (χ1) is 17.8. The Balaban J connectivity index is 1.48. The van der Waals surface area contributed by atoms with Crippen LogP contribution in [0.15, 0.2) is 48.7 Å². The molecule has 4 N–H and O–H groups in total. The van der Waals surface area contributed by atoms with Gasteiger partial charge in [-0.25, -0.2) is 13.8 Å². The number of hydrogen-bond acceptors (Lipinski definition) is 6. The van der Waals surface area contributed by atoms with E-state index in [-0.39, 0.29) is 28.1 Å². The highest BCUT2D eigenvalue weighted by atomic mass is 35.5. The number of anilines is 2. The number of benzene rings is 2. The van der Waals surface area contributed by atoms with Gasteiger partial charge in [0.2, 0.25) is 0 Å². The fourth-order valence-corrected chi connectivity index (χ4v) is 3.87. The van der Waals surface area contributed by atoms with Gasteiger partial charge in [-0.3, -0.25) is 9.59 Å². The van der Waals surface area contributed by atoms with E-state index in [0.29, 0.717) is 24.3 Å². The summed E-state index contributed by atoms with van der Waals surface area (Å²) in [6.45, 7) is 2.74. The van der Waals surface area contributed by atoms with Crippen molar-refractivity contribution in [2.45, 2.75) is 6.10 Å². The second kappa shape index (κ2) is 11.2. The van der Waals surface area contributed by atoms with Gasteiger partial charge in [0, 0.05) is 43.6 Å². The molecule has 8 nitrogen and oxygen atoms in total. The molecule has 190 valence electrons. The molecule has 1 fully saturated rings. The number of rotatable bonds is 6. The molecule has 37 heavy (non-hydrogen) atoms. The van der Waals surface area contributed by atoms with Gasteiger partial charge in [0.15, 0.2) is 23.5 Å². The van der Waals surface area contributed by atoms with Gasteiger partial charge in [0.1, 0.15) is 5.82 Å². The molecule has 2 heterocycles. The molecule has 1 aliphatic heterocycles. The van der Waals surface area contributed by atoms with Crippen LogP contribution in [-0.4, -0.2) is 47.9 Å². The maximum absolute atomic E-state index is 14.5. The summed E-state index contributed by atoms with van der Waals surface area (Å²) in [5.41, 5.74) is 6.27. The zero-order valence-electron chi connectivity index (χ0n) is 19.4. The van der Waals surface area contributed by atoms with E-state index >= 15 is 0 Å². The van der Waals surface area contributed by atoms with Gasteiger partial charge >= 0.3 is 0 Å². The number of hydrogen-bond donors (Lipinski definition) is 3. The number of pyridine rings is 1. The predicted molar refractivity (Wildman–Crippen MR) is 135 cm³/mol. The Hall–Kier alpha value is -4.20. The van der Waals surface area contributed by atoms with Crippen LogP contribution in [-0.2, 0) is 0 Å². The van der Waals surface area contributed by atoms with Crippen molar-refractivity contribution in [2.24, 2.45) is 0 Å². The highest BCUT2D eigenvalue weighted by molar-refractivity contribution is 6.30. The summed E-state index contributed by atoms with van der Waals surface area (Å²) in [5.74, 6) is -0.803. The van der Waals surface area contributed by atoms with E-state index in [2.05, 4.69) is 21.5 Å². The minimum Gasteiger partial charge on any atom is -0.469 e. The maximum Gasteiger partial charge on any atom is 0.257 e. The van der Waals surface area contributed by atoms with E-state index < -0.39 is 29.2 Å². The zero-order chi connectivity index (χ0) is 26.5. The topological polar surface area (TPSA) is 110 Å². The second-order valence-electron chi connectivity index (χ2n) is 8.10. The zero-order valence-corrected chi connectivity index (χ0v) is 20.2. The predicted octanol–water partition coefficient (Wildman–Crippen LogP) is 3.65. The van der Waals surface area contributed by atoms with Crippen LogP contribution in [0.2, 0.25) is 5.02 Å². The van der Waals surface area contributed by atoms with Crippen molar-refractivity contribution in [3.05, 3.63) is 82.0 Å². The van der Waals surface area contributed by atoms with Gasteiger partial charge in [-0.15, -0.1) is 6.42 Å². The number of nitrogens with one attached hydrogen (secondary N) is 2. The fourth-order valence-electron chi connectivity index (χ4n) is 3.71. The Morgan fingerprint density at radius 3 is 2.54 bits per heavy atom. The number of ether oxygens (including phenoxy) is 1. The van der Waals surface area contributed by atoms with Crippen LogP contribution >= 0.6 is 11.6 Å². The number of piperazine rings is 1. The quantitative estimate of drug-likeness (QED) is 0.335. The van der Waals surface area contributed by atoms with Gasteiger partial charge in [-0.2, -0.15) is 0 Å². The molecule has 0 radical (unpaired) electrons. The molecule has 11 heteroatoms. The second-order valence-corrected chi connectivity index (χ2v) is 8.51. The van der Waals surface area contributed by atoms with E-state index in [0.717, 1.165) is 25.2 Å². The molecule has 0 spiro atoms. The molecule has 2 amide bonds. The van der Waals surface area contributed by atoms with Crippen molar-refractivity contribution in [1.82, 2.24) is 15.2 Å². The molecule has 0 saturated carbocycles. The third-order valence-corrected chi connectivity index (χ3v) is 5.97. The van der Waals surface area contributed by atoms with Gasteiger partial charge in [0.25, 0.3) is 11.8 Å². The average molecular weight is 526 g/mol. The molecule has 4 rings (SSSR count). The molecule has 0 unspecified atom stereocenters. The van der Waals surface area contributed by atoms with Gasteiger partial charge < -0.3 is 26.0 Å². The number of halogens is 3. The van der Waals surface area contributed by atoms with Crippen molar-refractivity contribution >= 4 is 34.9 Å². The summed E-state index contributed by atoms with van der Waals surface area (Å²) >= 11 is 5.75. The third-order valence-electron chi connectivity index (χ3n) is 5.68. The number of carbonyl (C=O) groups excluding carboxylic acids is 2. The van der Waals surface area contributed by atoms with Crippen molar-refractivity contribution in [3.63, 3.8) is 0 Å². The number of carbonyl (C=O) groups is 2. The first kappa shape index (κ1) is 25.9. The molecular formula is C26H22ClF2N5O3. The summed E-state index contributed by atoms with van der Waals surface area (Å²) < 4.78 is 34.3. The smallest absolute Gasteiger partial charge is 0.257 e. The van der Waals surface area contributed by atoms with E-state index in [4.69, 9.17) is 28.5 Å². The lowest BCUT2D eigenvalue weighted by Gasteiger charge is -2.27. The Morgan fingerprint density at radius 1 is 1.16 bits per heavy atom. The third kappa shape index (κ3) is 5.80. The maximum atomic E-state index is 14.5. The molecule has 3 aromatic rings. The number of nitrogens with zero attached hydrogens (tertiary/aromatic N) is 2.